The summed E-state index contributed by atoms with van der Waals surface area (Å²) in [6, 6.07) is 15.9. The lowest BCUT2D eigenvalue weighted by Crippen LogP contribution is -2.52. The number of fused-ring (bicyclic) bond motifs is 2. The van der Waals surface area contributed by atoms with Crippen molar-refractivity contribution in [1.82, 2.24) is 20.1 Å². The Kier molecular flexibility index (Phi) is 6.92. The van der Waals surface area contributed by atoms with Crippen molar-refractivity contribution < 1.29 is 23.9 Å². The van der Waals surface area contributed by atoms with E-state index in [0.29, 0.717) is 24.4 Å². The van der Waals surface area contributed by atoms with Crippen LogP contribution in [0.2, 0.25) is 0 Å². The van der Waals surface area contributed by atoms with E-state index in [9.17, 15) is 14.4 Å². The molecule has 1 N–H and O–H groups in total. The molecular formula is C32H34N4O5. The van der Waals surface area contributed by atoms with Crippen molar-refractivity contribution in [3.63, 3.8) is 0 Å². The average Bonchev–Trinajstić information content (AvgIpc) is 3.56. The van der Waals surface area contributed by atoms with Gasteiger partial charge in [-0.05, 0) is 73.2 Å². The fraction of sp³-hybridized carbons (Fsp3) is 0.438. The molecule has 2 atom stereocenters. The molecule has 4 aliphatic rings. The van der Waals surface area contributed by atoms with Crippen molar-refractivity contribution in [2.75, 3.05) is 26.3 Å². The molecule has 3 aromatic rings. The lowest BCUT2D eigenvalue weighted by molar-refractivity contribution is -0.136. The summed E-state index contributed by atoms with van der Waals surface area (Å²) in [5.41, 5.74) is 4.94. The molecular weight excluding hydrogens is 520 g/mol. The Morgan fingerprint density at radius 3 is 2.71 bits per heavy atom. The number of rotatable bonds is 6. The number of carbonyl (C=O) groups is 3. The van der Waals surface area contributed by atoms with Crippen LogP contribution in [0.4, 0.5) is 0 Å². The molecule has 212 valence electrons. The largest absolute Gasteiger partial charge is 0.489 e. The van der Waals surface area contributed by atoms with Crippen LogP contribution in [0.5, 0.6) is 5.75 Å². The Labute approximate surface area is 238 Å². The van der Waals surface area contributed by atoms with Gasteiger partial charge in [0.25, 0.3) is 5.91 Å². The second kappa shape index (κ2) is 10.9. The first kappa shape index (κ1) is 26.1. The molecule has 9 heteroatoms. The van der Waals surface area contributed by atoms with Crippen LogP contribution in [0.1, 0.15) is 65.2 Å². The first-order valence-electron chi connectivity index (χ1n) is 14.6. The minimum atomic E-state index is -0.611. The van der Waals surface area contributed by atoms with Crippen molar-refractivity contribution in [2.24, 2.45) is 0 Å². The summed E-state index contributed by atoms with van der Waals surface area (Å²) in [5, 5.41) is 3.52. The van der Waals surface area contributed by atoms with Crippen LogP contribution in [0.25, 0.3) is 10.9 Å². The maximum absolute atomic E-state index is 13.0. The van der Waals surface area contributed by atoms with Gasteiger partial charge in [0.1, 0.15) is 17.9 Å². The van der Waals surface area contributed by atoms with Gasteiger partial charge in [0.2, 0.25) is 11.8 Å². The van der Waals surface area contributed by atoms with E-state index in [-0.39, 0.29) is 24.3 Å². The third kappa shape index (κ3) is 5.31. The molecule has 1 unspecified atom stereocenters. The van der Waals surface area contributed by atoms with Gasteiger partial charge in [-0.1, -0.05) is 12.1 Å². The van der Waals surface area contributed by atoms with E-state index in [4.69, 9.17) is 14.5 Å². The minimum absolute atomic E-state index is 0.0700. The fourth-order valence-corrected chi connectivity index (χ4v) is 6.62. The number of piperidine rings is 1. The summed E-state index contributed by atoms with van der Waals surface area (Å²) >= 11 is 0. The maximum atomic E-state index is 13.0. The molecule has 3 fully saturated rings. The number of hydrogen-bond donors (Lipinski definition) is 1. The first-order chi connectivity index (χ1) is 20.0. The summed E-state index contributed by atoms with van der Waals surface area (Å²) < 4.78 is 11.9. The molecule has 0 saturated carbocycles. The first-order valence-corrected chi connectivity index (χ1v) is 14.6. The molecule has 2 aromatic carbocycles. The number of aromatic nitrogens is 1. The normalized spacial score (nSPS) is 23.7. The van der Waals surface area contributed by atoms with E-state index in [1.54, 1.807) is 11.0 Å². The van der Waals surface area contributed by atoms with Crippen molar-refractivity contribution in [3.05, 3.63) is 70.9 Å². The number of pyridine rings is 1. The van der Waals surface area contributed by atoms with Gasteiger partial charge >= 0.3 is 0 Å². The number of hydrogen-bond acceptors (Lipinski definition) is 7. The molecule has 0 bridgehead atoms. The average molecular weight is 555 g/mol. The molecule has 0 aliphatic carbocycles. The Hall–Kier alpha value is -3.82. The van der Waals surface area contributed by atoms with E-state index >= 15 is 0 Å². The highest BCUT2D eigenvalue weighted by atomic mass is 16.5. The van der Waals surface area contributed by atoms with Crippen LogP contribution in [-0.4, -0.2) is 71.0 Å². The number of nitrogens with zero attached hydrogens (tertiary/aromatic N) is 3. The van der Waals surface area contributed by atoms with Gasteiger partial charge in [-0.2, -0.15) is 0 Å². The lowest BCUT2D eigenvalue weighted by atomic mass is 9.95. The van der Waals surface area contributed by atoms with Crippen LogP contribution >= 0.6 is 0 Å². The molecule has 41 heavy (non-hydrogen) atoms. The number of benzene rings is 2. The van der Waals surface area contributed by atoms with Crippen molar-refractivity contribution in [2.45, 2.75) is 63.3 Å². The number of amides is 3. The zero-order chi connectivity index (χ0) is 27.9. The smallest absolute Gasteiger partial charge is 0.255 e. The zero-order valence-corrected chi connectivity index (χ0v) is 23.0. The van der Waals surface area contributed by atoms with E-state index in [1.165, 1.54) is 16.6 Å². The number of likely N-dealkylation sites (tertiary alicyclic amines) is 1. The Morgan fingerprint density at radius 1 is 0.976 bits per heavy atom. The minimum Gasteiger partial charge on any atom is -0.489 e. The molecule has 1 aromatic heterocycles. The van der Waals surface area contributed by atoms with Gasteiger partial charge in [0.05, 0.1) is 5.52 Å². The summed E-state index contributed by atoms with van der Waals surface area (Å²) in [7, 11) is 0. The predicted molar refractivity (Wildman–Crippen MR) is 151 cm³/mol. The Morgan fingerprint density at radius 2 is 1.85 bits per heavy atom. The maximum Gasteiger partial charge on any atom is 0.255 e. The molecule has 3 saturated heterocycles. The number of imide groups is 1. The molecule has 7 rings (SSSR count). The number of carbonyl (C=O) groups excluding carboxylic acids is 3. The highest BCUT2D eigenvalue weighted by Gasteiger charge is 2.39. The van der Waals surface area contributed by atoms with Gasteiger partial charge in [0, 0.05) is 68.4 Å². The molecule has 9 nitrogen and oxygen atoms in total. The number of nitrogens with one attached hydrogen (secondary N) is 1. The summed E-state index contributed by atoms with van der Waals surface area (Å²) in [4.78, 5) is 45.7. The standard InChI is InChI=1S/C32H34N4O5/c37-30-8-7-29(31(38)34-30)36-18-23-16-24(3-4-26(23)32(36)39)41-25-9-12-35(19-25)17-20-1-5-28-22(15-20)2-6-27(33-28)21-10-13-40-14-11-21/h1-6,15-16,21,25,29H,7-14,17-19H2,(H,34,37,38)/t25-,29?/m0/s1. The van der Waals surface area contributed by atoms with E-state index in [2.05, 4.69) is 40.5 Å². The zero-order valence-electron chi connectivity index (χ0n) is 23.0. The predicted octanol–water partition coefficient (Wildman–Crippen LogP) is 3.54. The van der Waals surface area contributed by atoms with E-state index in [1.807, 2.05) is 12.1 Å². The summed E-state index contributed by atoms with van der Waals surface area (Å²) in [6.07, 6.45) is 3.69. The molecule has 4 aliphatic heterocycles. The summed E-state index contributed by atoms with van der Waals surface area (Å²) in [6.45, 7) is 4.63. The van der Waals surface area contributed by atoms with Gasteiger partial charge < -0.3 is 14.4 Å². The van der Waals surface area contributed by atoms with Crippen LogP contribution in [0.15, 0.2) is 48.5 Å². The van der Waals surface area contributed by atoms with E-state index in [0.717, 1.165) is 68.9 Å². The number of ether oxygens (including phenoxy) is 2. The Balaban J connectivity index is 0.960. The Bertz CT molecular complexity index is 1520. The van der Waals surface area contributed by atoms with Gasteiger partial charge in [0.15, 0.2) is 0 Å². The quantitative estimate of drug-likeness (QED) is 0.465. The van der Waals surface area contributed by atoms with Gasteiger partial charge in [-0.3, -0.25) is 29.6 Å². The molecule has 5 heterocycles. The highest BCUT2D eigenvalue weighted by Crippen LogP contribution is 2.32. The second-order valence-electron chi connectivity index (χ2n) is 11.6. The van der Waals surface area contributed by atoms with Crippen molar-refractivity contribution >= 4 is 28.6 Å². The van der Waals surface area contributed by atoms with Crippen LogP contribution < -0.4 is 10.1 Å². The fourth-order valence-electron chi connectivity index (χ4n) is 6.62. The third-order valence-electron chi connectivity index (χ3n) is 8.85. The van der Waals surface area contributed by atoms with Crippen LogP contribution in [0, 0.1) is 0 Å². The third-order valence-corrected chi connectivity index (χ3v) is 8.85. The SMILES string of the molecule is O=C1CCC(N2Cc3cc(O[C@H]4CCN(Cc5ccc6nc(C7CCOCC7)ccc6c5)C4)ccc3C2=O)C(=O)N1. The van der Waals surface area contributed by atoms with E-state index < -0.39 is 11.9 Å². The van der Waals surface area contributed by atoms with Crippen LogP contribution in [0.3, 0.4) is 0 Å². The molecule has 0 spiro atoms. The lowest BCUT2D eigenvalue weighted by Gasteiger charge is -2.29. The molecule has 0 radical (unpaired) electrons. The van der Waals surface area contributed by atoms with Gasteiger partial charge in [-0.15, -0.1) is 0 Å². The van der Waals surface area contributed by atoms with Gasteiger partial charge in [-0.25, -0.2) is 0 Å². The summed E-state index contributed by atoms with van der Waals surface area (Å²) in [5.74, 6) is 0.385. The highest BCUT2D eigenvalue weighted by molar-refractivity contribution is 6.05. The van der Waals surface area contributed by atoms with Crippen molar-refractivity contribution in [3.8, 4) is 5.75 Å². The van der Waals surface area contributed by atoms with Crippen molar-refractivity contribution in [1.29, 1.82) is 0 Å². The van der Waals surface area contributed by atoms with Crippen LogP contribution in [-0.2, 0) is 27.4 Å². The second-order valence-corrected chi connectivity index (χ2v) is 11.6. The topological polar surface area (TPSA) is 101 Å². The molecule has 3 amide bonds. The monoisotopic (exact) mass is 554 g/mol.